The van der Waals surface area contributed by atoms with Crippen molar-refractivity contribution in [2.75, 3.05) is 19.7 Å². The quantitative estimate of drug-likeness (QED) is 0.846. The zero-order valence-electron chi connectivity index (χ0n) is 12.0. The van der Waals surface area contributed by atoms with Crippen molar-refractivity contribution in [1.82, 2.24) is 4.90 Å². The van der Waals surface area contributed by atoms with Gasteiger partial charge in [-0.3, -0.25) is 4.90 Å². The van der Waals surface area contributed by atoms with Crippen LogP contribution in [-0.4, -0.2) is 29.7 Å². The molecule has 1 aliphatic carbocycles. The maximum atomic E-state index is 8.73. The Morgan fingerprint density at radius 3 is 2.95 bits per heavy atom. The van der Waals surface area contributed by atoms with Crippen LogP contribution in [0.25, 0.3) is 0 Å². The van der Waals surface area contributed by atoms with Gasteiger partial charge in [-0.2, -0.15) is 0 Å². The lowest BCUT2D eigenvalue weighted by Gasteiger charge is -2.41. The van der Waals surface area contributed by atoms with Gasteiger partial charge in [0.25, 0.3) is 0 Å². The second kappa shape index (κ2) is 6.76. The Bertz CT molecular complexity index is 499. The third kappa shape index (κ3) is 3.44. The van der Waals surface area contributed by atoms with Crippen LogP contribution in [0.15, 0.2) is 11.4 Å². The van der Waals surface area contributed by atoms with Crippen LogP contribution >= 0.6 is 11.3 Å². The van der Waals surface area contributed by atoms with Gasteiger partial charge in [0, 0.05) is 28.9 Å². The summed E-state index contributed by atoms with van der Waals surface area (Å²) in [5, 5.41) is 10.8. The molecular formula is C17H23NOS. The molecular weight excluding hydrogens is 266 g/mol. The lowest BCUT2D eigenvalue weighted by atomic mass is 9.75. The largest absolute Gasteiger partial charge is 0.384 e. The van der Waals surface area contributed by atoms with E-state index in [1.807, 2.05) is 0 Å². The molecule has 1 saturated carbocycles. The Labute approximate surface area is 125 Å². The highest BCUT2D eigenvalue weighted by molar-refractivity contribution is 7.10. The summed E-state index contributed by atoms with van der Waals surface area (Å²) >= 11 is 1.80. The topological polar surface area (TPSA) is 23.5 Å². The summed E-state index contributed by atoms with van der Waals surface area (Å²) in [5.41, 5.74) is 1.05. The SMILES string of the molecule is OCC#Cc1csc(CN2CCC3CCCCC3C2)c1. The van der Waals surface area contributed by atoms with Crippen molar-refractivity contribution >= 4 is 11.3 Å². The van der Waals surface area contributed by atoms with E-state index in [1.165, 1.54) is 50.1 Å². The lowest BCUT2D eigenvalue weighted by Crippen LogP contribution is -2.41. The molecule has 3 heteroatoms. The number of hydrogen-bond donors (Lipinski definition) is 1. The normalized spacial score (nSPS) is 26.6. The lowest BCUT2D eigenvalue weighted by molar-refractivity contribution is 0.0827. The highest BCUT2D eigenvalue weighted by Crippen LogP contribution is 2.36. The first-order valence-corrected chi connectivity index (χ1v) is 8.62. The molecule has 3 rings (SSSR count). The van der Waals surface area contributed by atoms with E-state index in [0.717, 1.165) is 23.9 Å². The number of likely N-dealkylation sites (tertiary alicyclic amines) is 1. The number of aliphatic hydroxyl groups excluding tert-OH is 1. The highest BCUT2D eigenvalue weighted by atomic mass is 32.1. The van der Waals surface area contributed by atoms with Gasteiger partial charge in [-0.1, -0.05) is 31.1 Å². The number of fused-ring (bicyclic) bond motifs is 1. The predicted octanol–water partition coefficient (Wildman–Crippen LogP) is 3.10. The third-order valence-electron chi connectivity index (χ3n) is 4.72. The zero-order valence-corrected chi connectivity index (χ0v) is 12.8. The number of aliphatic hydroxyl groups is 1. The van der Waals surface area contributed by atoms with Gasteiger partial charge in [0.15, 0.2) is 0 Å². The van der Waals surface area contributed by atoms with Gasteiger partial charge >= 0.3 is 0 Å². The molecule has 108 valence electrons. The highest BCUT2D eigenvalue weighted by Gasteiger charge is 2.30. The second-order valence-corrected chi connectivity index (χ2v) is 7.09. The van der Waals surface area contributed by atoms with Crippen molar-refractivity contribution in [2.45, 2.75) is 38.6 Å². The number of nitrogens with zero attached hydrogens (tertiary/aromatic N) is 1. The van der Waals surface area contributed by atoms with E-state index in [0.29, 0.717) is 0 Å². The first-order valence-electron chi connectivity index (χ1n) is 7.74. The van der Waals surface area contributed by atoms with Gasteiger partial charge in [0.1, 0.15) is 6.61 Å². The molecule has 2 atom stereocenters. The van der Waals surface area contributed by atoms with E-state index in [2.05, 4.69) is 28.2 Å². The Morgan fingerprint density at radius 1 is 1.25 bits per heavy atom. The molecule has 2 nitrogen and oxygen atoms in total. The van der Waals surface area contributed by atoms with Crippen LogP contribution < -0.4 is 0 Å². The minimum absolute atomic E-state index is 0.0552. The van der Waals surface area contributed by atoms with Crippen LogP contribution in [0.1, 0.15) is 42.5 Å². The predicted molar refractivity (Wildman–Crippen MR) is 83.6 cm³/mol. The van der Waals surface area contributed by atoms with Gasteiger partial charge in [0.05, 0.1) is 0 Å². The van der Waals surface area contributed by atoms with Gasteiger partial charge in [-0.05, 0) is 37.3 Å². The Hall–Kier alpha value is -0.820. The van der Waals surface area contributed by atoms with Crippen LogP contribution in [-0.2, 0) is 6.54 Å². The molecule has 2 aliphatic rings. The summed E-state index contributed by atoms with van der Waals surface area (Å²) in [5.74, 6) is 7.67. The van der Waals surface area contributed by atoms with Gasteiger partial charge in [-0.15, -0.1) is 11.3 Å². The van der Waals surface area contributed by atoms with E-state index in [4.69, 9.17) is 5.11 Å². The fourth-order valence-corrected chi connectivity index (χ4v) is 4.57. The van der Waals surface area contributed by atoms with Crippen molar-refractivity contribution < 1.29 is 5.11 Å². The summed E-state index contributed by atoms with van der Waals surface area (Å²) in [6, 6.07) is 2.18. The van der Waals surface area contributed by atoms with Gasteiger partial charge in [0.2, 0.25) is 0 Å². The molecule has 2 heterocycles. The second-order valence-electron chi connectivity index (χ2n) is 6.09. The standard InChI is InChI=1S/C17H23NOS/c19-9-3-4-14-10-17(20-13-14)12-18-8-7-15-5-1-2-6-16(15)11-18/h10,13,15-16,19H,1-2,5-9,11-12H2. The van der Waals surface area contributed by atoms with Crippen LogP contribution in [0.3, 0.4) is 0 Å². The molecule has 0 aromatic carbocycles. The zero-order chi connectivity index (χ0) is 13.8. The molecule has 1 aromatic rings. The summed E-state index contributed by atoms with van der Waals surface area (Å²) in [7, 11) is 0. The fraction of sp³-hybridized carbons (Fsp3) is 0.647. The summed E-state index contributed by atoms with van der Waals surface area (Å²) in [6.45, 7) is 3.58. The van der Waals surface area contributed by atoms with Crippen molar-refractivity contribution in [1.29, 1.82) is 0 Å². The van der Waals surface area contributed by atoms with E-state index >= 15 is 0 Å². The maximum absolute atomic E-state index is 8.73. The Kier molecular flexibility index (Phi) is 4.77. The smallest absolute Gasteiger partial charge is 0.104 e. The van der Waals surface area contributed by atoms with Crippen LogP contribution in [0.4, 0.5) is 0 Å². The van der Waals surface area contributed by atoms with E-state index in [1.54, 1.807) is 11.3 Å². The van der Waals surface area contributed by atoms with Gasteiger partial charge in [-0.25, -0.2) is 0 Å². The summed E-state index contributed by atoms with van der Waals surface area (Å²) in [4.78, 5) is 4.03. The minimum Gasteiger partial charge on any atom is -0.384 e. The monoisotopic (exact) mass is 289 g/mol. The maximum Gasteiger partial charge on any atom is 0.104 e. The molecule has 1 aliphatic heterocycles. The molecule has 1 aromatic heterocycles. The van der Waals surface area contributed by atoms with Crippen LogP contribution in [0, 0.1) is 23.7 Å². The number of piperidine rings is 1. The van der Waals surface area contributed by atoms with Crippen LogP contribution in [0.2, 0.25) is 0 Å². The van der Waals surface area contributed by atoms with Crippen molar-refractivity contribution in [2.24, 2.45) is 11.8 Å². The average molecular weight is 289 g/mol. The molecule has 20 heavy (non-hydrogen) atoms. The van der Waals surface area contributed by atoms with Crippen molar-refractivity contribution in [3.8, 4) is 11.8 Å². The first kappa shape index (κ1) is 14.1. The number of hydrogen-bond acceptors (Lipinski definition) is 3. The summed E-state index contributed by atoms with van der Waals surface area (Å²) < 4.78 is 0. The van der Waals surface area contributed by atoms with Gasteiger partial charge < -0.3 is 5.11 Å². The third-order valence-corrected chi connectivity index (χ3v) is 5.64. The van der Waals surface area contributed by atoms with Crippen LogP contribution in [0.5, 0.6) is 0 Å². The Morgan fingerprint density at radius 2 is 2.10 bits per heavy atom. The fourth-order valence-electron chi connectivity index (χ4n) is 3.71. The van der Waals surface area contributed by atoms with E-state index < -0.39 is 0 Å². The summed E-state index contributed by atoms with van der Waals surface area (Å²) in [6.07, 6.45) is 7.21. The molecule has 1 saturated heterocycles. The number of rotatable bonds is 2. The molecule has 0 bridgehead atoms. The molecule has 2 fully saturated rings. The molecule has 1 N–H and O–H groups in total. The first-order chi connectivity index (χ1) is 9.85. The van der Waals surface area contributed by atoms with E-state index in [9.17, 15) is 0 Å². The molecule has 0 radical (unpaired) electrons. The Balaban J connectivity index is 1.56. The van der Waals surface area contributed by atoms with Crippen molar-refractivity contribution in [3.05, 3.63) is 21.9 Å². The average Bonchev–Trinajstić information content (AvgIpc) is 2.92. The van der Waals surface area contributed by atoms with Crippen molar-refractivity contribution in [3.63, 3.8) is 0 Å². The molecule has 0 amide bonds. The minimum atomic E-state index is -0.0552. The number of thiophene rings is 1. The molecule has 2 unspecified atom stereocenters. The van der Waals surface area contributed by atoms with E-state index in [-0.39, 0.29) is 6.61 Å². The molecule has 0 spiro atoms.